The van der Waals surface area contributed by atoms with Gasteiger partial charge in [-0.15, -0.1) is 0 Å². The Bertz CT molecular complexity index is 1120. The molecule has 166 valence electrons. The number of ether oxygens (including phenoxy) is 1. The van der Waals surface area contributed by atoms with Gasteiger partial charge in [0.2, 0.25) is 10.0 Å². The number of benzene rings is 2. The number of hydrazone groups is 1. The van der Waals surface area contributed by atoms with Crippen molar-refractivity contribution < 1.29 is 22.9 Å². The first kappa shape index (κ1) is 24.0. The van der Waals surface area contributed by atoms with E-state index in [1.807, 2.05) is 6.92 Å². The van der Waals surface area contributed by atoms with Crippen LogP contribution >= 0.6 is 0 Å². The Morgan fingerprint density at radius 3 is 2.39 bits per heavy atom. The van der Waals surface area contributed by atoms with E-state index in [0.29, 0.717) is 16.7 Å². The molecule has 0 heterocycles. The smallest absolute Gasteiger partial charge is 0.311 e. The molecule has 0 aliphatic heterocycles. The molecule has 10 nitrogen and oxygen atoms in total. The fourth-order valence-electron chi connectivity index (χ4n) is 3.16. The Labute approximate surface area is 180 Å². The Balaban J connectivity index is 2.09. The monoisotopic (exact) mass is 448 g/mol. The van der Waals surface area contributed by atoms with Gasteiger partial charge >= 0.3 is 5.69 Å². The molecule has 0 aliphatic carbocycles. The van der Waals surface area contributed by atoms with Gasteiger partial charge in [0.1, 0.15) is 0 Å². The van der Waals surface area contributed by atoms with Gasteiger partial charge in [0.25, 0.3) is 5.91 Å². The van der Waals surface area contributed by atoms with Crippen LogP contribution in [0, 0.1) is 30.9 Å². The third-order valence-electron chi connectivity index (χ3n) is 4.44. The maximum atomic E-state index is 12.9. The molecule has 11 heteroatoms. The fraction of sp³-hybridized carbons (Fsp3) is 0.300. The van der Waals surface area contributed by atoms with Crippen molar-refractivity contribution in [3.05, 3.63) is 62.7 Å². The number of hydrogen-bond donors (Lipinski definition) is 1. The number of hydrogen-bond acceptors (Lipinski definition) is 7. The molecule has 0 saturated carbocycles. The topological polar surface area (TPSA) is 131 Å². The molecule has 0 radical (unpaired) electrons. The zero-order valence-corrected chi connectivity index (χ0v) is 18.7. The molecule has 0 unspecified atom stereocenters. The Morgan fingerprint density at radius 2 is 1.84 bits per heavy atom. The molecule has 2 aromatic rings. The lowest BCUT2D eigenvalue weighted by molar-refractivity contribution is -0.385. The summed E-state index contributed by atoms with van der Waals surface area (Å²) in [5.74, 6) is -0.563. The zero-order valence-electron chi connectivity index (χ0n) is 17.9. The highest BCUT2D eigenvalue weighted by Gasteiger charge is 2.26. The summed E-state index contributed by atoms with van der Waals surface area (Å²) in [5, 5.41) is 14.8. The maximum absolute atomic E-state index is 12.9. The second-order valence-corrected chi connectivity index (χ2v) is 8.95. The lowest BCUT2D eigenvalue weighted by Crippen LogP contribution is -2.37. The van der Waals surface area contributed by atoms with E-state index in [0.717, 1.165) is 9.87 Å². The normalized spacial score (nSPS) is 11.7. The maximum Gasteiger partial charge on any atom is 0.311 e. The van der Waals surface area contributed by atoms with E-state index in [9.17, 15) is 23.3 Å². The average molecular weight is 449 g/mol. The van der Waals surface area contributed by atoms with E-state index in [1.165, 1.54) is 38.6 Å². The minimum atomic E-state index is -3.88. The molecule has 0 saturated heterocycles. The van der Waals surface area contributed by atoms with Crippen LogP contribution < -0.4 is 10.2 Å². The lowest BCUT2D eigenvalue weighted by atomic mass is 10.1. The van der Waals surface area contributed by atoms with E-state index in [4.69, 9.17) is 4.74 Å². The lowest BCUT2D eigenvalue weighted by Gasteiger charge is -2.19. The van der Waals surface area contributed by atoms with Crippen LogP contribution in [0.15, 0.2) is 40.3 Å². The second kappa shape index (κ2) is 9.67. The summed E-state index contributed by atoms with van der Waals surface area (Å²) >= 11 is 0. The van der Waals surface area contributed by atoms with Crippen LogP contribution in [-0.2, 0) is 14.8 Å². The number of carbonyl (C=O) groups is 1. The van der Waals surface area contributed by atoms with E-state index in [-0.39, 0.29) is 16.3 Å². The molecule has 0 fully saturated rings. The van der Waals surface area contributed by atoms with Gasteiger partial charge < -0.3 is 4.74 Å². The first-order valence-corrected chi connectivity index (χ1v) is 10.6. The molecular formula is C20H24N4O6S. The predicted molar refractivity (Wildman–Crippen MR) is 116 cm³/mol. The minimum absolute atomic E-state index is 0.0970. The van der Waals surface area contributed by atoms with Crippen LogP contribution in [0.4, 0.5) is 5.69 Å². The number of nitro benzene ring substituents is 1. The van der Waals surface area contributed by atoms with Crippen LogP contribution in [0.1, 0.15) is 22.3 Å². The van der Waals surface area contributed by atoms with Gasteiger partial charge in [-0.3, -0.25) is 14.9 Å². The number of aryl methyl sites for hydroxylation is 3. The van der Waals surface area contributed by atoms with Gasteiger partial charge in [0, 0.05) is 18.7 Å². The van der Waals surface area contributed by atoms with Crippen molar-refractivity contribution in [2.24, 2.45) is 5.10 Å². The Hall–Kier alpha value is -3.31. The minimum Gasteiger partial charge on any atom is -0.490 e. The third kappa shape index (κ3) is 5.64. The van der Waals surface area contributed by atoms with Crippen molar-refractivity contribution in [1.82, 2.24) is 9.73 Å². The molecule has 0 bridgehead atoms. The van der Waals surface area contributed by atoms with Crippen LogP contribution in [0.5, 0.6) is 5.75 Å². The molecule has 0 aliphatic rings. The van der Waals surface area contributed by atoms with Gasteiger partial charge in [-0.2, -0.15) is 9.41 Å². The zero-order chi connectivity index (χ0) is 23.3. The summed E-state index contributed by atoms with van der Waals surface area (Å²) in [6.45, 7) is 4.84. The fourth-order valence-corrected chi connectivity index (χ4v) is 4.69. The van der Waals surface area contributed by atoms with Gasteiger partial charge in [0.05, 0.1) is 29.7 Å². The number of rotatable bonds is 8. The third-order valence-corrected chi connectivity index (χ3v) is 6.55. The van der Waals surface area contributed by atoms with Gasteiger partial charge in [-0.1, -0.05) is 17.7 Å². The quantitative estimate of drug-likeness (QED) is 0.374. The van der Waals surface area contributed by atoms with Crippen LogP contribution in [0.3, 0.4) is 0 Å². The highest BCUT2D eigenvalue weighted by Crippen LogP contribution is 2.27. The van der Waals surface area contributed by atoms with Gasteiger partial charge in [-0.25, -0.2) is 13.8 Å². The summed E-state index contributed by atoms with van der Waals surface area (Å²) in [7, 11) is -1.25. The molecular weight excluding hydrogens is 424 g/mol. The number of nitrogens with one attached hydrogen (secondary N) is 1. The van der Waals surface area contributed by atoms with Gasteiger partial charge in [-0.05, 0) is 44.0 Å². The first-order chi connectivity index (χ1) is 14.5. The summed E-state index contributed by atoms with van der Waals surface area (Å²) in [6.07, 6.45) is 1.22. The van der Waals surface area contributed by atoms with Crippen molar-refractivity contribution >= 4 is 27.8 Å². The van der Waals surface area contributed by atoms with Crippen LogP contribution in [0.25, 0.3) is 0 Å². The van der Waals surface area contributed by atoms with E-state index in [2.05, 4.69) is 10.5 Å². The number of methoxy groups -OCH3 is 1. The molecule has 31 heavy (non-hydrogen) atoms. The predicted octanol–water partition coefficient (Wildman–Crippen LogP) is 2.30. The van der Waals surface area contributed by atoms with Crippen molar-refractivity contribution in [3.8, 4) is 5.75 Å². The van der Waals surface area contributed by atoms with Crippen molar-refractivity contribution in [1.29, 1.82) is 0 Å². The number of nitro groups is 1. The van der Waals surface area contributed by atoms with Crippen molar-refractivity contribution in [3.63, 3.8) is 0 Å². The SMILES string of the molecule is COc1ccc(/C=N\NC(=O)CN(C)S(=O)(=O)c2c(C)cc(C)cc2C)cc1[N+](=O)[O-]. The number of likely N-dealkylation sites (N-methyl/N-ethyl adjacent to an activating group) is 1. The van der Waals surface area contributed by atoms with E-state index < -0.39 is 27.4 Å². The van der Waals surface area contributed by atoms with Crippen molar-refractivity contribution in [2.45, 2.75) is 25.7 Å². The summed E-state index contributed by atoms with van der Waals surface area (Å²) in [4.78, 5) is 22.8. The molecule has 0 atom stereocenters. The largest absolute Gasteiger partial charge is 0.490 e. The molecule has 2 rings (SSSR count). The number of sulfonamides is 1. The average Bonchev–Trinajstić information content (AvgIpc) is 2.66. The highest BCUT2D eigenvalue weighted by atomic mass is 32.2. The Kier molecular flexibility index (Phi) is 7.47. The summed E-state index contributed by atoms with van der Waals surface area (Å²) < 4.78 is 31.7. The second-order valence-electron chi connectivity index (χ2n) is 6.97. The van der Waals surface area contributed by atoms with E-state index >= 15 is 0 Å². The van der Waals surface area contributed by atoms with E-state index in [1.54, 1.807) is 26.0 Å². The van der Waals surface area contributed by atoms with Gasteiger partial charge in [0.15, 0.2) is 5.75 Å². The number of amides is 1. The molecule has 2 aromatic carbocycles. The molecule has 1 N–H and O–H groups in total. The molecule has 0 spiro atoms. The summed E-state index contributed by atoms with van der Waals surface area (Å²) in [6, 6.07) is 7.72. The first-order valence-electron chi connectivity index (χ1n) is 9.16. The van der Waals surface area contributed by atoms with Crippen LogP contribution in [0.2, 0.25) is 0 Å². The molecule has 0 aromatic heterocycles. The highest BCUT2D eigenvalue weighted by molar-refractivity contribution is 7.89. The summed E-state index contributed by atoms with van der Waals surface area (Å²) in [5.41, 5.74) is 4.49. The number of nitrogens with zero attached hydrogens (tertiary/aromatic N) is 3. The Morgan fingerprint density at radius 1 is 1.23 bits per heavy atom. The molecule has 1 amide bonds. The number of carbonyl (C=O) groups excluding carboxylic acids is 1. The standard InChI is InChI=1S/C20H24N4O6S/c1-13-8-14(2)20(15(3)9-13)31(28,29)23(4)12-19(25)22-21-11-16-6-7-18(30-5)17(10-16)24(26)27/h6-11H,12H2,1-5H3,(H,22,25)/b21-11-. The van der Waals surface area contributed by atoms with Crippen LogP contribution in [-0.4, -0.2) is 50.5 Å². The van der Waals surface area contributed by atoms with Crippen molar-refractivity contribution in [2.75, 3.05) is 20.7 Å².